The maximum atomic E-state index is 4.42. The number of aryl methyl sites for hydroxylation is 1. The average molecular weight is 386 g/mol. The Bertz CT molecular complexity index is 587. The molecular formula is C13H14Br2N4. The van der Waals surface area contributed by atoms with Gasteiger partial charge in [0.1, 0.15) is 5.82 Å². The summed E-state index contributed by atoms with van der Waals surface area (Å²) in [6.07, 6.45) is 0. The van der Waals surface area contributed by atoms with Crippen molar-refractivity contribution in [2.45, 2.75) is 13.8 Å². The smallest absolute Gasteiger partial charge is 0.224 e. The summed E-state index contributed by atoms with van der Waals surface area (Å²) in [6, 6.07) is 7.86. The molecule has 2 N–H and O–H groups in total. The van der Waals surface area contributed by atoms with Gasteiger partial charge in [0.2, 0.25) is 5.95 Å². The third-order valence-corrected chi connectivity index (χ3v) is 3.57. The van der Waals surface area contributed by atoms with Gasteiger partial charge in [0.05, 0.1) is 5.69 Å². The molecule has 0 fully saturated rings. The summed E-state index contributed by atoms with van der Waals surface area (Å²) in [4.78, 5) is 8.74. The summed E-state index contributed by atoms with van der Waals surface area (Å²) < 4.78 is 1.99. The Morgan fingerprint density at radius 3 is 2.68 bits per heavy atom. The quantitative estimate of drug-likeness (QED) is 0.814. The van der Waals surface area contributed by atoms with Crippen LogP contribution < -0.4 is 10.6 Å². The molecule has 1 aromatic carbocycles. The van der Waals surface area contributed by atoms with Crippen LogP contribution in [0.2, 0.25) is 0 Å². The molecule has 0 aliphatic carbocycles. The maximum Gasteiger partial charge on any atom is 0.224 e. The molecule has 0 saturated carbocycles. The lowest BCUT2D eigenvalue weighted by molar-refractivity contribution is 1.05. The van der Waals surface area contributed by atoms with Crippen LogP contribution in [0.15, 0.2) is 33.2 Å². The van der Waals surface area contributed by atoms with Gasteiger partial charge >= 0.3 is 0 Å². The molecule has 19 heavy (non-hydrogen) atoms. The van der Waals surface area contributed by atoms with Gasteiger partial charge in [-0.2, -0.15) is 4.98 Å². The molecule has 1 aromatic heterocycles. The van der Waals surface area contributed by atoms with E-state index in [2.05, 4.69) is 52.5 Å². The molecule has 0 radical (unpaired) electrons. The minimum absolute atomic E-state index is 0.635. The largest absolute Gasteiger partial charge is 0.354 e. The molecule has 0 unspecified atom stereocenters. The first-order valence-corrected chi connectivity index (χ1v) is 7.48. The van der Waals surface area contributed by atoms with E-state index >= 15 is 0 Å². The second kappa shape index (κ2) is 6.34. The fourth-order valence-corrected chi connectivity index (χ4v) is 2.31. The van der Waals surface area contributed by atoms with Crippen molar-refractivity contribution in [3.63, 3.8) is 0 Å². The van der Waals surface area contributed by atoms with Gasteiger partial charge in [0.15, 0.2) is 0 Å². The summed E-state index contributed by atoms with van der Waals surface area (Å²) in [5, 5.41) is 6.40. The molecule has 2 aromatic rings. The first-order valence-electron chi connectivity index (χ1n) is 5.90. The number of rotatable bonds is 4. The highest BCUT2D eigenvalue weighted by molar-refractivity contribution is 9.11. The minimum atomic E-state index is 0.635. The number of hydrogen-bond acceptors (Lipinski definition) is 4. The second-order valence-corrected chi connectivity index (χ2v) is 5.77. The highest BCUT2D eigenvalue weighted by Gasteiger charge is 2.05. The molecule has 1 heterocycles. The molecule has 6 heteroatoms. The molecular weight excluding hydrogens is 372 g/mol. The number of anilines is 3. The van der Waals surface area contributed by atoms with Crippen LogP contribution in [0.4, 0.5) is 17.5 Å². The van der Waals surface area contributed by atoms with E-state index in [9.17, 15) is 0 Å². The number of nitrogens with zero attached hydrogens (tertiary/aromatic N) is 2. The minimum Gasteiger partial charge on any atom is -0.354 e. The van der Waals surface area contributed by atoms with E-state index in [-0.39, 0.29) is 0 Å². The molecule has 2 rings (SSSR count). The molecule has 0 bridgehead atoms. The molecule has 0 amide bonds. The lowest BCUT2D eigenvalue weighted by Crippen LogP contribution is -2.05. The summed E-state index contributed by atoms with van der Waals surface area (Å²) in [5.74, 6) is 1.40. The normalized spacial score (nSPS) is 10.3. The van der Waals surface area contributed by atoms with E-state index in [1.54, 1.807) is 0 Å². The Kier molecular flexibility index (Phi) is 4.76. The van der Waals surface area contributed by atoms with Gasteiger partial charge in [-0.3, -0.25) is 0 Å². The van der Waals surface area contributed by atoms with Crippen LogP contribution in [-0.4, -0.2) is 16.5 Å². The van der Waals surface area contributed by atoms with Gasteiger partial charge in [-0.25, -0.2) is 4.98 Å². The number of hydrogen-bond donors (Lipinski definition) is 2. The topological polar surface area (TPSA) is 49.8 Å². The third-order valence-electron chi connectivity index (χ3n) is 2.38. The van der Waals surface area contributed by atoms with Gasteiger partial charge in [0.25, 0.3) is 0 Å². The van der Waals surface area contributed by atoms with Crippen LogP contribution in [-0.2, 0) is 0 Å². The monoisotopic (exact) mass is 384 g/mol. The summed E-state index contributed by atoms with van der Waals surface area (Å²) in [7, 11) is 0. The fourth-order valence-electron chi connectivity index (χ4n) is 1.60. The van der Waals surface area contributed by atoms with E-state index in [0.29, 0.717) is 5.95 Å². The number of benzene rings is 1. The molecule has 0 atom stereocenters. The Balaban J connectivity index is 2.29. The van der Waals surface area contributed by atoms with E-state index < -0.39 is 0 Å². The molecule has 0 aliphatic heterocycles. The lowest BCUT2D eigenvalue weighted by Gasteiger charge is -2.10. The van der Waals surface area contributed by atoms with Crippen molar-refractivity contribution in [2.75, 3.05) is 17.2 Å². The van der Waals surface area contributed by atoms with Crippen LogP contribution in [0, 0.1) is 6.92 Å². The van der Waals surface area contributed by atoms with Crippen molar-refractivity contribution >= 4 is 49.3 Å². The van der Waals surface area contributed by atoms with Crippen molar-refractivity contribution < 1.29 is 0 Å². The zero-order chi connectivity index (χ0) is 13.8. The molecule has 0 saturated heterocycles. The maximum absolute atomic E-state index is 4.42. The van der Waals surface area contributed by atoms with Crippen LogP contribution >= 0.6 is 31.9 Å². The molecule has 0 aliphatic rings. The number of aromatic nitrogens is 2. The number of halogens is 2. The first kappa shape index (κ1) is 14.3. The van der Waals surface area contributed by atoms with E-state index in [1.165, 1.54) is 0 Å². The van der Waals surface area contributed by atoms with Gasteiger partial charge in [-0.1, -0.05) is 15.9 Å². The third kappa shape index (κ3) is 3.91. The summed E-state index contributed by atoms with van der Waals surface area (Å²) in [5.41, 5.74) is 1.87. The van der Waals surface area contributed by atoms with E-state index in [0.717, 1.165) is 32.7 Å². The van der Waals surface area contributed by atoms with Crippen LogP contribution in [0.1, 0.15) is 12.6 Å². The fraction of sp³-hybridized carbons (Fsp3) is 0.231. The number of nitrogens with one attached hydrogen (secondary N) is 2. The van der Waals surface area contributed by atoms with Gasteiger partial charge in [-0.15, -0.1) is 0 Å². The van der Waals surface area contributed by atoms with E-state index in [1.807, 2.05) is 38.1 Å². The summed E-state index contributed by atoms with van der Waals surface area (Å²) in [6.45, 7) is 4.76. The standard InChI is InChI=1S/C13H14Br2N4/c1-3-16-13-17-8(2)6-12(19-13)18-11-7-9(14)4-5-10(11)15/h4-7H,3H2,1-2H3,(H2,16,17,18,19). The highest BCUT2D eigenvalue weighted by atomic mass is 79.9. The zero-order valence-electron chi connectivity index (χ0n) is 10.7. The van der Waals surface area contributed by atoms with Crippen molar-refractivity contribution in [1.82, 2.24) is 9.97 Å². The van der Waals surface area contributed by atoms with Crippen LogP contribution in [0.25, 0.3) is 0 Å². The van der Waals surface area contributed by atoms with Crippen molar-refractivity contribution in [2.24, 2.45) is 0 Å². The van der Waals surface area contributed by atoms with Crippen molar-refractivity contribution in [1.29, 1.82) is 0 Å². The lowest BCUT2D eigenvalue weighted by atomic mass is 10.3. The molecule has 100 valence electrons. The Morgan fingerprint density at radius 1 is 1.16 bits per heavy atom. The Labute approximate surface area is 129 Å². The Morgan fingerprint density at radius 2 is 1.95 bits per heavy atom. The molecule has 0 spiro atoms. The van der Waals surface area contributed by atoms with Crippen molar-refractivity contribution in [3.8, 4) is 0 Å². The van der Waals surface area contributed by atoms with Gasteiger partial charge in [-0.05, 0) is 48.0 Å². The zero-order valence-corrected chi connectivity index (χ0v) is 13.8. The average Bonchev–Trinajstić information content (AvgIpc) is 2.33. The van der Waals surface area contributed by atoms with E-state index in [4.69, 9.17) is 0 Å². The SMILES string of the molecule is CCNc1nc(C)cc(Nc2cc(Br)ccc2Br)n1. The van der Waals surface area contributed by atoms with Crippen LogP contribution in [0.5, 0.6) is 0 Å². The first-order chi connectivity index (χ1) is 9.08. The van der Waals surface area contributed by atoms with Crippen molar-refractivity contribution in [3.05, 3.63) is 38.9 Å². The summed E-state index contributed by atoms with van der Waals surface area (Å²) >= 11 is 6.97. The Hall–Kier alpha value is -1.14. The predicted molar refractivity (Wildman–Crippen MR) is 86.1 cm³/mol. The molecule has 4 nitrogen and oxygen atoms in total. The van der Waals surface area contributed by atoms with Gasteiger partial charge in [0, 0.05) is 27.3 Å². The van der Waals surface area contributed by atoms with Gasteiger partial charge < -0.3 is 10.6 Å². The predicted octanol–water partition coefficient (Wildman–Crippen LogP) is 4.49. The second-order valence-electron chi connectivity index (χ2n) is 4.00. The highest BCUT2D eigenvalue weighted by Crippen LogP contribution is 2.28. The van der Waals surface area contributed by atoms with Crippen LogP contribution in [0.3, 0.4) is 0 Å².